The first-order chi connectivity index (χ1) is 10.3. The van der Waals surface area contributed by atoms with E-state index < -0.39 is 0 Å². The zero-order valence-corrected chi connectivity index (χ0v) is 13.4. The Kier molecular flexibility index (Phi) is 4.85. The molecule has 0 spiro atoms. The highest BCUT2D eigenvalue weighted by atomic mass is 16.5. The van der Waals surface area contributed by atoms with Gasteiger partial charge < -0.3 is 10.1 Å². The van der Waals surface area contributed by atoms with Gasteiger partial charge in [0.2, 0.25) is 0 Å². The maximum absolute atomic E-state index is 12.8. The predicted molar refractivity (Wildman–Crippen MR) is 83.1 cm³/mol. The minimum Gasteiger partial charge on any atom is -0.465 e. The molecular weight excluding hydrogens is 264 g/mol. The maximum atomic E-state index is 12.8. The van der Waals surface area contributed by atoms with Crippen LogP contribution in [0, 0.1) is 11.8 Å². The summed E-state index contributed by atoms with van der Waals surface area (Å²) in [5, 5.41) is 3.46. The number of ether oxygens (including phenoxy) is 1. The molecule has 1 aliphatic heterocycles. The Balaban J connectivity index is 1.80. The van der Waals surface area contributed by atoms with Crippen molar-refractivity contribution in [3.05, 3.63) is 0 Å². The first-order valence-electron chi connectivity index (χ1n) is 8.89. The van der Waals surface area contributed by atoms with Crippen molar-refractivity contribution in [1.82, 2.24) is 10.2 Å². The molecule has 3 fully saturated rings. The van der Waals surface area contributed by atoms with Crippen LogP contribution in [-0.2, 0) is 9.53 Å². The number of rotatable bonds is 4. The van der Waals surface area contributed by atoms with E-state index in [-0.39, 0.29) is 11.5 Å². The highest BCUT2D eigenvalue weighted by molar-refractivity contribution is 5.81. The van der Waals surface area contributed by atoms with Gasteiger partial charge in [-0.3, -0.25) is 9.69 Å². The highest BCUT2D eigenvalue weighted by Gasteiger charge is 2.50. The van der Waals surface area contributed by atoms with Crippen LogP contribution in [0.25, 0.3) is 0 Å². The molecule has 4 nitrogen and oxygen atoms in total. The van der Waals surface area contributed by atoms with Gasteiger partial charge in [-0.05, 0) is 57.4 Å². The van der Waals surface area contributed by atoms with Gasteiger partial charge in [-0.25, -0.2) is 0 Å². The zero-order chi connectivity index (χ0) is 14.7. The third kappa shape index (κ3) is 3.26. The summed E-state index contributed by atoms with van der Waals surface area (Å²) in [6, 6.07) is 0. The molecule has 1 heterocycles. The highest BCUT2D eigenvalue weighted by Crippen LogP contribution is 2.48. The molecule has 3 aliphatic rings. The molecule has 3 rings (SSSR count). The molecule has 120 valence electrons. The van der Waals surface area contributed by atoms with E-state index >= 15 is 0 Å². The summed E-state index contributed by atoms with van der Waals surface area (Å²) in [5.41, 5.74) is -0.326. The van der Waals surface area contributed by atoms with E-state index in [0.717, 1.165) is 57.3 Å². The molecule has 4 heteroatoms. The lowest BCUT2D eigenvalue weighted by Gasteiger charge is -2.46. The van der Waals surface area contributed by atoms with Crippen LogP contribution in [0.1, 0.15) is 51.9 Å². The average Bonchev–Trinajstić information content (AvgIpc) is 3.34. The lowest BCUT2D eigenvalue weighted by atomic mass is 9.72. The van der Waals surface area contributed by atoms with Crippen molar-refractivity contribution < 1.29 is 9.53 Å². The summed E-state index contributed by atoms with van der Waals surface area (Å²) in [7, 11) is 0. The van der Waals surface area contributed by atoms with E-state index in [4.69, 9.17) is 4.74 Å². The first-order valence-corrected chi connectivity index (χ1v) is 8.89. The molecule has 21 heavy (non-hydrogen) atoms. The van der Waals surface area contributed by atoms with Crippen molar-refractivity contribution in [1.29, 1.82) is 0 Å². The summed E-state index contributed by atoms with van der Waals surface area (Å²) >= 11 is 0. The topological polar surface area (TPSA) is 41.6 Å². The third-order valence-corrected chi connectivity index (χ3v) is 5.65. The maximum Gasteiger partial charge on any atom is 0.326 e. The largest absolute Gasteiger partial charge is 0.465 e. The van der Waals surface area contributed by atoms with Gasteiger partial charge in [-0.2, -0.15) is 0 Å². The average molecular weight is 294 g/mol. The van der Waals surface area contributed by atoms with Crippen LogP contribution >= 0.6 is 0 Å². The summed E-state index contributed by atoms with van der Waals surface area (Å²) in [5.74, 6) is 1.70. The standard InChI is InChI=1S/C17H30N2O2/c1-2-21-16(20)17(19-11-4-9-18-10-12-19)8-3-5-15(13-17)14-6-7-14/h14-15,18H,2-13H2,1H3. The summed E-state index contributed by atoms with van der Waals surface area (Å²) < 4.78 is 5.53. The molecule has 0 aromatic carbocycles. The van der Waals surface area contributed by atoms with Gasteiger partial charge in [0, 0.05) is 19.6 Å². The summed E-state index contributed by atoms with van der Waals surface area (Å²) in [4.78, 5) is 15.3. The number of hydrogen-bond donors (Lipinski definition) is 1. The molecule has 0 amide bonds. The predicted octanol–water partition coefficient (Wildman–Crippen LogP) is 2.18. The van der Waals surface area contributed by atoms with Crippen LogP contribution in [0.15, 0.2) is 0 Å². The third-order valence-electron chi connectivity index (χ3n) is 5.65. The van der Waals surface area contributed by atoms with Crippen LogP contribution in [0.2, 0.25) is 0 Å². The second-order valence-corrected chi connectivity index (χ2v) is 7.04. The molecule has 1 N–H and O–H groups in total. The lowest BCUT2D eigenvalue weighted by Crippen LogP contribution is -2.58. The van der Waals surface area contributed by atoms with Gasteiger partial charge >= 0.3 is 5.97 Å². The summed E-state index contributed by atoms with van der Waals surface area (Å²) in [6.07, 6.45) is 8.43. The minimum atomic E-state index is -0.326. The van der Waals surface area contributed by atoms with Crippen LogP contribution in [0.5, 0.6) is 0 Å². The number of esters is 1. The van der Waals surface area contributed by atoms with Gasteiger partial charge in [0.15, 0.2) is 0 Å². The zero-order valence-electron chi connectivity index (χ0n) is 13.4. The fraction of sp³-hybridized carbons (Fsp3) is 0.941. The van der Waals surface area contributed by atoms with E-state index in [0.29, 0.717) is 6.61 Å². The Morgan fingerprint density at radius 2 is 2.05 bits per heavy atom. The molecule has 2 aliphatic carbocycles. The number of hydrogen-bond acceptors (Lipinski definition) is 4. The smallest absolute Gasteiger partial charge is 0.326 e. The van der Waals surface area contributed by atoms with Crippen molar-refractivity contribution in [2.75, 3.05) is 32.8 Å². The number of nitrogens with zero attached hydrogens (tertiary/aromatic N) is 1. The molecule has 1 saturated heterocycles. The van der Waals surface area contributed by atoms with Gasteiger partial charge in [0.25, 0.3) is 0 Å². The second kappa shape index (κ2) is 6.66. The molecule has 0 bridgehead atoms. The van der Waals surface area contributed by atoms with E-state index in [1.165, 1.54) is 25.7 Å². The van der Waals surface area contributed by atoms with Crippen LogP contribution < -0.4 is 5.32 Å². The van der Waals surface area contributed by atoms with Gasteiger partial charge in [0.1, 0.15) is 5.54 Å². The number of nitrogens with one attached hydrogen (secondary N) is 1. The van der Waals surface area contributed by atoms with Gasteiger partial charge in [-0.15, -0.1) is 0 Å². The molecule has 0 aromatic heterocycles. The van der Waals surface area contributed by atoms with Crippen molar-refractivity contribution in [2.24, 2.45) is 11.8 Å². The Labute approximate surface area is 128 Å². The SMILES string of the molecule is CCOC(=O)C1(N2CCCNCC2)CCCC(C2CC2)C1. The molecule has 2 unspecified atom stereocenters. The second-order valence-electron chi connectivity index (χ2n) is 7.04. The van der Waals surface area contributed by atoms with Crippen molar-refractivity contribution >= 4 is 5.97 Å². The minimum absolute atomic E-state index is 0.0530. The Morgan fingerprint density at radius 1 is 1.19 bits per heavy atom. The van der Waals surface area contributed by atoms with Crippen molar-refractivity contribution in [2.45, 2.75) is 57.4 Å². The number of carbonyl (C=O) groups excluding carboxylic acids is 1. The Bertz CT molecular complexity index is 362. The van der Waals surface area contributed by atoms with E-state index in [1.807, 2.05) is 6.92 Å². The van der Waals surface area contributed by atoms with Crippen molar-refractivity contribution in [3.63, 3.8) is 0 Å². The van der Waals surface area contributed by atoms with Crippen LogP contribution in [0.4, 0.5) is 0 Å². The van der Waals surface area contributed by atoms with Gasteiger partial charge in [-0.1, -0.05) is 12.8 Å². The quantitative estimate of drug-likeness (QED) is 0.807. The molecule has 0 radical (unpaired) electrons. The Morgan fingerprint density at radius 3 is 2.81 bits per heavy atom. The van der Waals surface area contributed by atoms with Crippen LogP contribution in [0.3, 0.4) is 0 Å². The van der Waals surface area contributed by atoms with Crippen molar-refractivity contribution in [3.8, 4) is 0 Å². The fourth-order valence-corrected chi connectivity index (χ4v) is 4.41. The molecular formula is C17H30N2O2. The van der Waals surface area contributed by atoms with E-state index in [9.17, 15) is 4.79 Å². The van der Waals surface area contributed by atoms with Gasteiger partial charge in [0.05, 0.1) is 6.61 Å². The molecule has 0 aromatic rings. The Hall–Kier alpha value is -0.610. The van der Waals surface area contributed by atoms with E-state index in [1.54, 1.807) is 0 Å². The molecule has 2 atom stereocenters. The van der Waals surface area contributed by atoms with Crippen LogP contribution in [-0.4, -0.2) is 49.2 Å². The number of carbonyl (C=O) groups is 1. The first kappa shape index (κ1) is 15.3. The molecule has 2 saturated carbocycles. The lowest BCUT2D eigenvalue weighted by molar-refractivity contribution is -0.162. The monoisotopic (exact) mass is 294 g/mol. The normalized spacial score (nSPS) is 35.2. The fourth-order valence-electron chi connectivity index (χ4n) is 4.41. The summed E-state index contributed by atoms with van der Waals surface area (Å²) in [6.45, 7) is 6.51. The van der Waals surface area contributed by atoms with E-state index in [2.05, 4.69) is 10.2 Å².